The summed E-state index contributed by atoms with van der Waals surface area (Å²) in [6, 6.07) is 0. The Morgan fingerprint density at radius 3 is 1.61 bits per heavy atom. The average molecular weight is 397 g/mol. The van der Waals surface area contributed by atoms with Gasteiger partial charge in [-0.25, -0.2) is 0 Å². The van der Waals surface area contributed by atoms with Crippen molar-refractivity contribution in [1.29, 1.82) is 0 Å². The molecule has 0 unspecified atom stereocenters. The third-order valence-corrected chi connectivity index (χ3v) is 5.81. The summed E-state index contributed by atoms with van der Waals surface area (Å²) >= 11 is 0. The largest absolute Gasteiger partial charge is 0.465 e. The fourth-order valence-corrected chi connectivity index (χ4v) is 3.87. The highest BCUT2D eigenvalue weighted by molar-refractivity contribution is 5.75. The van der Waals surface area contributed by atoms with Crippen molar-refractivity contribution in [3.63, 3.8) is 0 Å². The second-order valence-corrected chi connectivity index (χ2v) is 8.89. The smallest absolute Gasteiger partial charge is 0.308 e. The molecule has 1 aliphatic rings. The predicted molar refractivity (Wildman–Crippen MR) is 114 cm³/mol. The summed E-state index contributed by atoms with van der Waals surface area (Å²) in [6.45, 7) is 7.66. The minimum atomic E-state index is -0.0745. The van der Waals surface area contributed by atoms with Crippen molar-refractivity contribution < 1.29 is 19.1 Å². The zero-order valence-corrected chi connectivity index (χ0v) is 18.7. The van der Waals surface area contributed by atoms with E-state index in [2.05, 4.69) is 20.8 Å². The molecule has 0 aromatic heterocycles. The molecule has 1 aliphatic carbocycles. The average Bonchev–Trinajstić information content (AvgIpc) is 2.69. The Morgan fingerprint density at radius 1 is 0.714 bits per heavy atom. The van der Waals surface area contributed by atoms with Gasteiger partial charge in [0.15, 0.2) is 0 Å². The molecule has 4 heteroatoms. The van der Waals surface area contributed by atoms with Crippen LogP contribution in [0.2, 0.25) is 0 Å². The van der Waals surface area contributed by atoms with E-state index in [-0.39, 0.29) is 23.8 Å². The van der Waals surface area contributed by atoms with E-state index in [0.29, 0.717) is 19.1 Å². The topological polar surface area (TPSA) is 52.6 Å². The Hall–Kier alpha value is -1.06. The maximum absolute atomic E-state index is 12.2. The molecule has 0 bridgehead atoms. The van der Waals surface area contributed by atoms with E-state index in [1.807, 2.05) is 0 Å². The normalized spacial score (nSPS) is 19.6. The molecule has 0 heterocycles. The number of carbonyl (C=O) groups excluding carboxylic acids is 2. The first kappa shape index (κ1) is 25.0. The maximum Gasteiger partial charge on any atom is 0.308 e. The molecule has 28 heavy (non-hydrogen) atoms. The molecule has 0 aromatic carbocycles. The standard InChI is InChI=1S/C24H44O4/c1-4-5-6-7-8-9-10-11-18-27-23(25)21-14-16-22(17-15-21)24(26)28-19-12-13-20(2)3/h20-22H,4-19H2,1-3H3. The second-order valence-electron chi connectivity index (χ2n) is 8.89. The van der Waals surface area contributed by atoms with E-state index >= 15 is 0 Å². The molecule has 0 atom stereocenters. The van der Waals surface area contributed by atoms with Crippen molar-refractivity contribution in [2.75, 3.05) is 13.2 Å². The Kier molecular flexibility index (Phi) is 14.1. The Balaban J connectivity index is 2.03. The number of hydrogen-bond donors (Lipinski definition) is 0. The van der Waals surface area contributed by atoms with Crippen molar-refractivity contribution in [1.82, 2.24) is 0 Å². The molecule has 0 aromatic rings. The third-order valence-electron chi connectivity index (χ3n) is 5.81. The van der Waals surface area contributed by atoms with Gasteiger partial charge in [0, 0.05) is 0 Å². The Bertz CT molecular complexity index is 411. The van der Waals surface area contributed by atoms with Crippen LogP contribution in [0.4, 0.5) is 0 Å². The van der Waals surface area contributed by atoms with Gasteiger partial charge in [-0.05, 0) is 50.9 Å². The highest BCUT2D eigenvalue weighted by Gasteiger charge is 2.31. The van der Waals surface area contributed by atoms with Gasteiger partial charge in [0.25, 0.3) is 0 Å². The maximum atomic E-state index is 12.2. The van der Waals surface area contributed by atoms with E-state index in [0.717, 1.165) is 51.4 Å². The number of ether oxygens (including phenoxy) is 2. The molecule has 0 aliphatic heterocycles. The van der Waals surface area contributed by atoms with Crippen LogP contribution in [-0.4, -0.2) is 25.2 Å². The number of carbonyl (C=O) groups is 2. The third kappa shape index (κ3) is 11.7. The molecule has 1 saturated carbocycles. The summed E-state index contributed by atoms with van der Waals surface area (Å²) in [5.74, 6) is 0.446. The first-order valence-electron chi connectivity index (χ1n) is 11.9. The van der Waals surface area contributed by atoms with Crippen molar-refractivity contribution in [3.8, 4) is 0 Å². The molecular formula is C24H44O4. The minimum Gasteiger partial charge on any atom is -0.465 e. The molecule has 1 rings (SSSR count). The summed E-state index contributed by atoms with van der Waals surface area (Å²) in [5.41, 5.74) is 0. The minimum absolute atomic E-state index is 0.0287. The van der Waals surface area contributed by atoms with Crippen LogP contribution in [0.15, 0.2) is 0 Å². The Morgan fingerprint density at radius 2 is 1.14 bits per heavy atom. The lowest BCUT2D eigenvalue weighted by molar-refractivity contribution is -0.155. The molecule has 0 spiro atoms. The Labute approximate surface area is 173 Å². The first-order valence-corrected chi connectivity index (χ1v) is 11.9. The van der Waals surface area contributed by atoms with Gasteiger partial charge in [0.05, 0.1) is 25.0 Å². The van der Waals surface area contributed by atoms with Crippen molar-refractivity contribution >= 4 is 11.9 Å². The second kappa shape index (κ2) is 15.8. The molecule has 1 fully saturated rings. The van der Waals surface area contributed by atoms with Crippen LogP contribution in [0.3, 0.4) is 0 Å². The number of unbranched alkanes of at least 4 members (excludes halogenated alkanes) is 7. The first-order chi connectivity index (χ1) is 13.5. The van der Waals surface area contributed by atoms with Crippen LogP contribution in [-0.2, 0) is 19.1 Å². The van der Waals surface area contributed by atoms with Crippen LogP contribution < -0.4 is 0 Å². The van der Waals surface area contributed by atoms with Gasteiger partial charge in [0.1, 0.15) is 0 Å². The summed E-state index contributed by atoms with van der Waals surface area (Å²) in [4.78, 5) is 24.4. The van der Waals surface area contributed by atoms with E-state index in [9.17, 15) is 9.59 Å². The van der Waals surface area contributed by atoms with E-state index in [4.69, 9.17) is 9.47 Å². The molecular weight excluding hydrogens is 352 g/mol. The quantitative estimate of drug-likeness (QED) is 0.235. The van der Waals surface area contributed by atoms with Crippen LogP contribution in [0.25, 0.3) is 0 Å². The van der Waals surface area contributed by atoms with Gasteiger partial charge in [-0.3, -0.25) is 9.59 Å². The monoisotopic (exact) mass is 396 g/mol. The number of hydrogen-bond acceptors (Lipinski definition) is 4. The van der Waals surface area contributed by atoms with Crippen molar-refractivity contribution in [2.24, 2.45) is 17.8 Å². The predicted octanol–water partition coefficient (Wildman–Crippen LogP) is 6.46. The van der Waals surface area contributed by atoms with Gasteiger partial charge in [0.2, 0.25) is 0 Å². The number of esters is 2. The van der Waals surface area contributed by atoms with Crippen molar-refractivity contribution in [3.05, 3.63) is 0 Å². The molecule has 0 amide bonds. The number of rotatable bonds is 15. The lowest BCUT2D eigenvalue weighted by Gasteiger charge is -2.26. The van der Waals surface area contributed by atoms with Gasteiger partial charge in [-0.2, -0.15) is 0 Å². The molecule has 164 valence electrons. The molecule has 0 saturated heterocycles. The van der Waals surface area contributed by atoms with Crippen molar-refractivity contribution in [2.45, 2.75) is 111 Å². The molecule has 0 N–H and O–H groups in total. The SMILES string of the molecule is CCCCCCCCCCOC(=O)C1CCC(C(=O)OCCCC(C)C)CC1. The van der Waals surface area contributed by atoms with E-state index < -0.39 is 0 Å². The van der Waals surface area contributed by atoms with Crippen LogP contribution in [0, 0.1) is 17.8 Å². The zero-order chi connectivity index (χ0) is 20.6. The van der Waals surface area contributed by atoms with Gasteiger partial charge in [-0.15, -0.1) is 0 Å². The van der Waals surface area contributed by atoms with Crippen LogP contribution in [0.5, 0.6) is 0 Å². The van der Waals surface area contributed by atoms with Gasteiger partial charge in [-0.1, -0.05) is 65.7 Å². The van der Waals surface area contributed by atoms with Gasteiger partial charge < -0.3 is 9.47 Å². The highest BCUT2D eigenvalue weighted by atomic mass is 16.5. The lowest BCUT2D eigenvalue weighted by atomic mass is 9.82. The van der Waals surface area contributed by atoms with Crippen LogP contribution in [0.1, 0.15) is 111 Å². The summed E-state index contributed by atoms with van der Waals surface area (Å²) in [7, 11) is 0. The highest BCUT2D eigenvalue weighted by Crippen LogP contribution is 2.30. The van der Waals surface area contributed by atoms with E-state index in [1.165, 1.54) is 38.5 Å². The fraction of sp³-hybridized carbons (Fsp3) is 0.917. The van der Waals surface area contributed by atoms with Crippen LogP contribution >= 0.6 is 0 Å². The molecule has 4 nitrogen and oxygen atoms in total. The lowest BCUT2D eigenvalue weighted by Crippen LogP contribution is -2.28. The fourth-order valence-electron chi connectivity index (χ4n) is 3.87. The zero-order valence-electron chi connectivity index (χ0n) is 18.7. The summed E-state index contributed by atoms with van der Waals surface area (Å²) < 4.78 is 10.9. The van der Waals surface area contributed by atoms with Gasteiger partial charge >= 0.3 is 11.9 Å². The summed E-state index contributed by atoms with van der Waals surface area (Å²) in [6.07, 6.45) is 15.0. The van der Waals surface area contributed by atoms with E-state index in [1.54, 1.807) is 0 Å². The summed E-state index contributed by atoms with van der Waals surface area (Å²) in [5, 5.41) is 0. The molecule has 0 radical (unpaired) electrons.